The van der Waals surface area contributed by atoms with Gasteiger partial charge in [-0.15, -0.1) is 0 Å². The minimum Gasteiger partial charge on any atom is -0.454 e. The Morgan fingerprint density at radius 3 is 2.62 bits per heavy atom. The number of rotatable bonds is 5. The fraction of sp³-hybridized carbons (Fsp3) is 0.273. The van der Waals surface area contributed by atoms with E-state index in [0.717, 1.165) is 11.8 Å². The van der Waals surface area contributed by atoms with Gasteiger partial charge in [0.25, 0.3) is 5.69 Å². The fourth-order valence-corrected chi connectivity index (χ4v) is 4.15. The minimum absolute atomic E-state index is 0.0338. The van der Waals surface area contributed by atoms with Gasteiger partial charge < -0.3 is 14.2 Å². The first kappa shape index (κ1) is 21.7. The molecule has 0 radical (unpaired) electrons. The first-order valence-electron chi connectivity index (χ1n) is 9.78. The van der Waals surface area contributed by atoms with Crippen molar-refractivity contribution in [2.75, 3.05) is 6.79 Å². The second kappa shape index (κ2) is 8.19. The summed E-state index contributed by atoms with van der Waals surface area (Å²) in [5.41, 5.74) is 0.344. The van der Waals surface area contributed by atoms with Crippen LogP contribution in [0.3, 0.4) is 0 Å². The van der Waals surface area contributed by atoms with Gasteiger partial charge in [-0.1, -0.05) is 23.9 Å². The zero-order valence-corrected chi connectivity index (χ0v) is 18.8. The van der Waals surface area contributed by atoms with E-state index >= 15 is 0 Å². The maximum atomic E-state index is 13.0. The van der Waals surface area contributed by atoms with E-state index < -0.39 is 16.4 Å². The van der Waals surface area contributed by atoms with Gasteiger partial charge in [0.05, 0.1) is 31.5 Å². The topological polar surface area (TPSA) is 106 Å². The van der Waals surface area contributed by atoms with E-state index in [0.29, 0.717) is 27.0 Å². The molecule has 0 unspecified atom stereocenters. The highest BCUT2D eigenvalue weighted by molar-refractivity contribution is 7.99. The van der Waals surface area contributed by atoms with Crippen LogP contribution in [0.25, 0.3) is 0 Å². The van der Waals surface area contributed by atoms with Crippen molar-refractivity contribution in [3.63, 3.8) is 0 Å². The van der Waals surface area contributed by atoms with Crippen molar-refractivity contribution in [3.8, 4) is 17.4 Å². The molecule has 2 heterocycles. The van der Waals surface area contributed by atoms with Crippen LogP contribution in [0.5, 0.6) is 17.4 Å². The van der Waals surface area contributed by atoms with Crippen LogP contribution in [-0.4, -0.2) is 27.5 Å². The number of carbonyl (C=O) groups is 1. The van der Waals surface area contributed by atoms with Gasteiger partial charge in [-0.3, -0.25) is 10.1 Å². The first-order chi connectivity index (χ1) is 15.1. The van der Waals surface area contributed by atoms with E-state index in [1.54, 1.807) is 48.0 Å². The summed E-state index contributed by atoms with van der Waals surface area (Å²) in [7, 11) is 0. The third-order valence-electron chi connectivity index (χ3n) is 4.67. The molecule has 3 aromatic rings. The smallest absolute Gasteiger partial charge is 0.345 e. The van der Waals surface area contributed by atoms with E-state index in [9.17, 15) is 14.9 Å². The lowest BCUT2D eigenvalue weighted by molar-refractivity contribution is -0.387. The first-order valence-corrected chi connectivity index (χ1v) is 10.6. The van der Waals surface area contributed by atoms with E-state index in [1.165, 1.54) is 6.07 Å². The van der Waals surface area contributed by atoms with Crippen LogP contribution < -0.4 is 14.2 Å². The number of carbonyl (C=O) groups excluding carboxylic acids is 1. The number of aryl methyl sites for hydroxylation is 1. The van der Waals surface area contributed by atoms with Crippen LogP contribution in [-0.2, 0) is 5.54 Å². The largest absolute Gasteiger partial charge is 0.454 e. The number of benzene rings is 2. The third-order valence-corrected chi connectivity index (χ3v) is 5.91. The van der Waals surface area contributed by atoms with Crippen molar-refractivity contribution in [1.29, 1.82) is 0 Å². The van der Waals surface area contributed by atoms with Gasteiger partial charge in [0.2, 0.25) is 12.7 Å². The molecular formula is C22H21N3O6S. The van der Waals surface area contributed by atoms with Crippen molar-refractivity contribution in [2.45, 2.75) is 43.0 Å². The molecule has 0 saturated carbocycles. The summed E-state index contributed by atoms with van der Waals surface area (Å²) in [5, 5.41) is 16.0. The summed E-state index contributed by atoms with van der Waals surface area (Å²) in [6.45, 7) is 7.65. The Bertz CT molecular complexity index is 1210. The molecule has 1 aromatic heterocycles. The number of aromatic nitrogens is 2. The molecule has 166 valence electrons. The summed E-state index contributed by atoms with van der Waals surface area (Å²) < 4.78 is 18.1. The average Bonchev–Trinajstić information content (AvgIpc) is 3.33. The molecule has 0 N–H and O–H groups in total. The quantitative estimate of drug-likeness (QED) is 0.302. The number of nitro groups is 1. The van der Waals surface area contributed by atoms with E-state index in [2.05, 4.69) is 5.10 Å². The van der Waals surface area contributed by atoms with Gasteiger partial charge >= 0.3 is 5.97 Å². The lowest BCUT2D eigenvalue weighted by atomic mass is 10.1. The summed E-state index contributed by atoms with van der Waals surface area (Å²) in [5.74, 6) is 0.651. The molecule has 0 amide bonds. The molecule has 0 aliphatic carbocycles. The van der Waals surface area contributed by atoms with Crippen LogP contribution in [0.2, 0.25) is 0 Å². The number of ether oxygens (including phenoxy) is 3. The number of nitrogens with zero attached hydrogens (tertiary/aromatic N) is 3. The Morgan fingerprint density at radius 2 is 1.91 bits per heavy atom. The average molecular weight is 455 g/mol. The highest BCUT2D eigenvalue weighted by atomic mass is 32.2. The van der Waals surface area contributed by atoms with Crippen LogP contribution >= 0.6 is 11.8 Å². The van der Waals surface area contributed by atoms with Gasteiger partial charge in [-0.05, 0) is 52.0 Å². The predicted molar refractivity (Wildman–Crippen MR) is 117 cm³/mol. The molecule has 0 fully saturated rings. The van der Waals surface area contributed by atoms with Gasteiger partial charge in [0, 0.05) is 6.07 Å². The SMILES string of the molecule is Cc1nn(C(C)(C)C)c(OC(=O)c2ccc3c(c2)OCO3)c1Sc1ccccc1[N+](=O)[O-]. The van der Waals surface area contributed by atoms with Crippen molar-refractivity contribution in [2.24, 2.45) is 0 Å². The monoisotopic (exact) mass is 455 g/mol. The molecule has 9 nitrogen and oxygen atoms in total. The zero-order chi connectivity index (χ0) is 23.0. The number of hydrogen-bond donors (Lipinski definition) is 0. The summed E-state index contributed by atoms with van der Waals surface area (Å²) in [4.78, 5) is 25.0. The summed E-state index contributed by atoms with van der Waals surface area (Å²) >= 11 is 1.14. The van der Waals surface area contributed by atoms with Crippen LogP contribution in [0.1, 0.15) is 36.8 Å². The Kier molecular flexibility index (Phi) is 5.55. The van der Waals surface area contributed by atoms with Crippen molar-refractivity contribution in [3.05, 3.63) is 63.8 Å². The number of hydrogen-bond acceptors (Lipinski definition) is 8. The summed E-state index contributed by atoms with van der Waals surface area (Å²) in [6, 6.07) is 11.2. The Labute approximate surface area is 188 Å². The van der Waals surface area contributed by atoms with Crippen molar-refractivity contribution in [1.82, 2.24) is 9.78 Å². The predicted octanol–water partition coefficient (Wildman–Crippen LogP) is 4.95. The lowest BCUT2D eigenvalue weighted by Gasteiger charge is -2.22. The lowest BCUT2D eigenvalue weighted by Crippen LogP contribution is -2.25. The molecule has 0 atom stereocenters. The Balaban J connectivity index is 1.74. The normalized spacial score (nSPS) is 12.6. The fourth-order valence-electron chi connectivity index (χ4n) is 3.13. The Morgan fingerprint density at radius 1 is 1.19 bits per heavy atom. The molecule has 1 aliphatic heterocycles. The maximum Gasteiger partial charge on any atom is 0.345 e. The number of fused-ring (bicyclic) bond motifs is 1. The van der Waals surface area contributed by atoms with Crippen molar-refractivity contribution < 1.29 is 23.9 Å². The number of para-hydroxylation sites is 1. The molecule has 1 aliphatic rings. The standard InChI is InChI=1S/C22H21N3O6S/c1-13-19(32-18-8-6-5-7-15(18)25(27)28)20(24(23-13)22(2,3)4)31-21(26)14-9-10-16-17(11-14)30-12-29-16/h5-11H,12H2,1-4H3. The minimum atomic E-state index is -0.599. The maximum absolute atomic E-state index is 13.0. The second-order valence-corrected chi connectivity index (χ2v) is 9.14. The highest BCUT2D eigenvalue weighted by Crippen LogP contribution is 2.43. The third kappa shape index (κ3) is 4.13. The van der Waals surface area contributed by atoms with Gasteiger partial charge in [0.1, 0.15) is 0 Å². The van der Waals surface area contributed by atoms with Gasteiger partial charge in [0.15, 0.2) is 11.5 Å². The molecule has 0 saturated heterocycles. The molecular weight excluding hydrogens is 434 g/mol. The molecule has 4 rings (SSSR count). The van der Waals surface area contributed by atoms with E-state index in [-0.39, 0.29) is 23.9 Å². The second-order valence-electron chi connectivity index (χ2n) is 8.09. The number of esters is 1. The van der Waals surface area contributed by atoms with E-state index in [4.69, 9.17) is 14.2 Å². The van der Waals surface area contributed by atoms with Crippen LogP contribution in [0.4, 0.5) is 5.69 Å². The molecule has 0 bridgehead atoms. The molecule has 0 spiro atoms. The summed E-state index contributed by atoms with van der Waals surface area (Å²) in [6.07, 6.45) is 0. The zero-order valence-electron chi connectivity index (χ0n) is 17.9. The van der Waals surface area contributed by atoms with E-state index in [1.807, 2.05) is 20.8 Å². The van der Waals surface area contributed by atoms with Crippen molar-refractivity contribution >= 4 is 23.4 Å². The van der Waals surface area contributed by atoms with Gasteiger partial charge in [-0.2, -0.15) is 5.10 Å². The number of nitro benzene ring substituents is 1. The molecule has 2 aromatic carbocycles. The van der Waals surface area contributed by atoms with Crippen LogP contribution in [0.15, 0.2) is 52.3 Å². The molecule has 32 heavy (non-hydrogen) atoms. The molecule has 10 heteroatoms. The highest BCUT2D eigenvalue weighted by Gasteiger charge is 2.29. The Hall–Kier alpha value is -3.53. The van der Waals surface area contributed by atoms with Crippen LogP contribution in [0, 0.1) is 17.0 Å². The van der Waals surface area contributed by atoms with Gasteiger partial charge in [-0.25, -0.2) is 9.48 Å².